The Hall–Kier alpha value is 0.150. The first-order chi connectivity index (χ1) is 22.6. The molecule has 0 aromatic heterocycles. The molecule has 0 fully saturated rings. The van der Waals surface area contributed by atoms with Crippen molar-refractivity contribution in [2.75, 3.05) is 0 Å². The molecule has 3 nitrogen and oxygen atoms in total. The van der Waals surface area contributed by atoms with Gasteiger partial charge in [0.25, 0.3) is 0 Å². The zero-order valence-electron chi connectivity index (χ0n) is 32.3. The van der Waals surface area contributed by atoms with Crippen LogP contribution in [0.25, 0.3) is 0 Å². The van der Waals surface area contributed by atoms with Crippen molar-refractivity contribution in [3.05, 3.63) is 0 Å². The van der Waals surface area contributed by atoms with Gasteiger partial charge in [-0.25, -0.2) is 0 Å². The fourth-order valence-corrected chi connectivity index (χ4v) is 7.74. The second kappa shape index (κ2) is 39.6. The molecule has 46 heavy (non-hydrogen) atoms. The van der Waals surface area contributed by atoms with E-state index >= 15 is 0 Å². The normalized spacial score (nSPS) is 13.7. The summed E-state index contributed by atoms with van der Waals surface area (Å²) in [6, 6.07) is 0. The maximum absolute atomic E-state index is 12.4. The lowest BCUT2D eigenvalue weighted by Crippen LogP contribution is -2.07. The third-order valence-electron chi connectivity index (χ3n) is 10.0. The summed E-state index contributed by atoms with van der Waals surface area (Å²) >= 11 is 0. The molecule has 0 aliphatic rings. The lowest BCUT2D eigenvalue weighted by molar-refractivity contribution is 0.133. The number of hydrogen-bond donors (Lipinski definition) is 0. The molecular weight excluding hydrogens is 583 g/mol. The van der Waals surface area contributed by atoms with Crippen LogP contribution in [0.1, 0.15) is 259 Å². The van der Waals surface area contributed by atoms with E-state index in [0.29, 0.717) is 0 Å². The summed E-state index contributed by atoms with van der Waals surface area (Å²) in [6.07, 6.45) is 49.5. The number of hydrogen-bond acceptors (Lipinski definition) is 3. The van der Waals surface area contributed by atoms with Crippen LogP contribution in [0.3, 0.4) is 0 Å². The summed E-state index contributed by atoms with van der Waals surface area (Å²) in [5.41, 5.74) is 0. The summed E-state index contributed by atoms with van der Waals surface area (Å²) in [6.45, 7) is 8.70. The molecule has 0 spiro atoms. The molecule has 0 saturated carbocycles. The molecule has 0 heterocycles. The van der Waals surface area contributed by atoms with Gasteiger partial charge in [0.15, 0.2) is 0 Å². The minimum atomic E-state index is -2.38. The van der Waals surface area contributed by atoms with Crippen LogP contribution >= 0.6 is 8.25 Å². The Morgan fingerprint density at radius 2 is 0.500 bits per heavy atom. The molecule has 0 saturated heterocycles. The van der Waals surface area contributed by atoms with Crippen LogP contribution in [0, 0.1) is 0 Å². The topological polar surface area (TPSA) is 35.5 Å². The number of rotatable bonds is 40. The average molecular weight is 671 g/mol. The first-order valence-electron chi connectivity index (χ1n) is 21.5. The van der Waals surface area contributed by atoms with Gasteiger partial charge in [-0.05, 0) is 26.7 Å². The van der Waals surface area contributed by atoms with Crippen molar-refractivity contribution in [2.45, 2.75) is 271 Å². The Morgan fingerprint density at radius 1 is 0.326 bits per heavy atom. The highest BCUT2D eigenvalue weighted by molar-refractivity contribution is 7.33. The van der Waals surface area contributed by atoms with E-state index in [1.165, 1.54) is 218 Å². The zero-order valence-corrected chi connectivity index (χ0v) is 33.3. The van der Waals surface area contributed by atoms with Crippen molar-refractivity contribution in [3.63, 3.8) is 0 Å². The van der Waals surface area contributed by atoms with Gasteiger partial charge in [0.1, 0.15) is 0 Å². The van der Waals surface area contributed by atoms with E-state index in [1.807, 2.05) is 0 Å². The van der Waals surface area contributed by atoms with E-state index < -0.39 is 8.25 Å². The fourth-order valence-electron chi connectivity index (χ4n) is 6.79. The highest BCUT2D eigenvalue weighted by Gasteiger charge is 2.12. The third kappa shape index (κ3) is 38.6. The smallest absolute Gasteiger partial charge is 0.308 e. The summed E-state index contributed by atoms with van der Waals surface area (Å²) in [4.78, 5) is 0. The standard InChI is InChI=1S/C42H87O3P/c1-5-7-9-11-13-15-17-19-21-23-25-27-29-31-33-35-37-39-41(3)44-46(43)45-42(4)40-38-36-34-32-30-28-26-24-22-20-18-16-14-12-10-8-6-2/h41-42,46H,5-40H2,1-4H3. The Morgan fingerprint density at radius 3 is 0.696 bits per heavy atom. The third-order valence-corrected chi connectivity index (χ3v) is 11.2. The molecule has 2 atom stereocenters. The predicted molar refractivity (Wildman–Crippen MR) is 208 cm³/mol. The molecule has 0 aromatic rings. The molecular formula is C42H87O3P. The van der Waals surface area contributed by atoms with Gasteiger partial charge in [-0.15, -0.1) is 0 Å². The minimum absolute atomic E-state index is 0.0373. The Balaban J connectivity index is 3.36. The molecule has 0 aliphatic carbocycles. The fraction of sp³-hybridized carbons (Fsp3) is 1.00. The van der Waals surface area contributed by atoms with Crippen LogP contribution in [0.15, 0.2) is 0 Å². The molecule has 4 heteroatoms. The second-order valence-corrected chi connectivity index (χ2v) is 16.0. The first kappa shape index (κ1) is 46.1. The van der Waals surface area contributed by atoms with E-state index in [9.17, 15) is 4.57 Å². The van der Waals surface area contributed by atoms with Crippen molar-refractivity contribution in [3.8, 4) is 0 Å². The summed E-state index contributed by atoms with van der Waals surface area (Å²) < 4.78 is 23.8. The van der Waals surface area contributed by atoms with E-state index in [-0.39, 0.29) is 12.2 Å². The molecule has 0 aromatic carbocycles. The molecule has 0 aliphatic heterocycles. The Labute approximate surface area is 292 Å². The monoisotopic (exact) mass is 671 g/mol. The molecule has 0 rings (SSSR count). The molecule has 0 radical (unpaired) electrons. The predicted octanol–water partition coefficient (Wildman–Crippen LogP) is 16.3. The van der Waals surface area contributed by atoms with Crippen LogP contribution in [0.4, 0.5) is 0 Å². The molecule has 0 bridgehead atoms. The highest BCUT2D eigenvalue weighted by Crippen LogP contribution is 2.31. The second-order valence-electron chi connectivity index (χ2n) is 15.0. The van der Waals surface area contributed by atoms with Crippen molar-refractivity contribution >= 4 is 8.25 Å². The zero-order chi connectivity index (χ0) is 33.6. The lowest BCUT2D eigenvalue weighted by atomic mass is 10.0. The molecule has 0 amide bonds. The summed E-state index contributed by atoms with van der Waals surface area (Å²) in [7, 11) is -2.38. The van der Waals surface area contributed by atoms with Gasteiger partial charge >= 0.3 is 8.25 Å². The van der Waals surface area contributed by atoms with Crippen molar-refractivity contribution < 1.29 is 13.6 Å². The van der Waals surface area contributed by atoms with Crippen LogP contribution in [0.5, 0.6) is 0 Å². The van der Waals surface area contributed by atoms with Gasteiger partial charge in [-0.3, -0.25) is 4.57 Å². The van der Waals surface area contributed by atoms with Crippen molar-refractivity contribution in [1.29, 1.82) is 0 Å². The van der Waals surface area contributed by atoms with Gasteiger partial charge in [0.2, 0.25) is 0 Å². The maximum Gasteiger partial charge on any atom is 0.319 e. The lowest BCUT2D eigenvalue weighted by Gasteiger charge is -2.16. The average Bonchev–Trinajstić information content (AvgIpc) is 3.03. The highest BCUT2D eigenvalue weighted by atomic mass is 31.1. The minimum Gasteiger partial charge on any atom is -0.308 e. The van der Waals surface area contributed by atoms with Gasteiger partial charge in [-0.2, -0.15) is 0 Å². The first-order valence-corrected chi connectivity index (χ1v) is 22.7. The van der Waals surface area contributed by atoms with Crippen LogP contribution in [-0.4, -0.2) is 12.2 Å². The SMILES string of the molecule is CCCCCCCCCCCCCCCCCCCC(C)O[PH](=O)OC(C)CCCCCCCCCCCCCCCCCCC. The van der Waals surface area contributed by atoms with Gasteiger partial charge < -0.3 is 9.05 Å². The Kier molecular flexibility index (Phi) is 39.7. The van der Waals surface area contributed by atoms with E-state index in [1.54, 1.807) is 0 Å². The van der Waals surface area contributed by atoms with Crippen molar-refractivity contribution in [2.24, 2.45) is 0 Å². The summed E-state index contributed by atoms with van der Waals surface area (Å²) in [5, 5.41) is 0. The van der Waals surface area contributed by atoms with Crippen LogP contribution in [-0.2, 0) is 13.6 Å². The van der Waals surface area contributed by atoms with Crippen molar-refractivity contribution in [1.82, 2.24) is 0 Å². The largest absolute Gasteiger partial charge is 0.319 e. The van der Waals surface area contributed by atoms with E-state index in [2.05, 4.69) is 27.7 Å². The molecule has 0 N–H and O–H groups in total. The summed E-state index contributed by atoms with van der Waals surface area (Å²) in [5.74, 6) is 0. The van der Waals surface area contributed by atoms with Crippen LogP contribution in [0.2, 0.25) is 0 Å². The quantitative estimate of drug-likeness (QED) is 0.0481. The maximum atomic E-state index is 12.4. The van der Waals surface area contributed by atoms with E-state index in [4.69, 9.17) is 9.05 Å². The Bertz CT molecular complexity index is 535. The van der Waals surface area contributed by atoms with Crippen LogP contribution < -0.4 is 0 Å². The van der Waals surface area contributed by atoms with E-state index in [0.717, 1.165) is 12.8 Å². The number of unbranched alkanes of at least 4 members (excludes halogenated alkanes) is 32. The molecule has 2 unspecified atom stereocenters. The van der Waals surface area contributed by atoms with Gasteiger partial charge in [0, 0.05) is 0 Å². The molecule has 278 valence electrons. The van der Waals surface area contributed by atoms with Gasteiger partial charge in [0.05, 0.1) is 12.2 Å². The van der Waals surface area contributed by atoms with Gasteiger partial charge in [-0.1, -0.05) is 232 Å².